The molecule has 0 bridgehead atoms. The van der Waals surface area contributed by atoms with Crippen molar-refractivity contribution in [3.8, 4) is 0 Å². The second kappa shape index (κ2) is 3.95. The van der Waals surface area contributed by atoms with E-state index < -0.39 is 0 Å². The summed E-state index contributed by atoms with van der Waals surface area (Å²) in [5, 5.41) is 0. The van der Waals surface area contributed by atoms with Crippen LogP contribution in [0, 0.1) is 6.92 Å². The Kier molecular flexibility index (Phi) is 3.13. The van der Waals surface area contributed by atoms with E-state index in [9.17, 15) is 0 Å². The molecular formula is C13H20. The van der Waals surface area contributed by atoms with Gasteiger partial charge in [-0.25, -0.2) is 0 Å². The third-order valence-corrected chi connectivity index (χ3v) is 2.46. The molecule has 0 amide bonds. The number of hydrogen-bond acceptors (Lipinski definition) is 0. The van der Waals surface area contributed by atoms with Gasteiger partial charge in [-0.1, -0.05) is 51.5 Å². The van der Waals surface area contributed by atoms with Crippen LogP contribution in [-0.2, 0) is 0 Å². The first kappa shape index (κ1) is 10.3. The highest BCUT2D eigenvalue weighted by Crippen LogP contribution is 2.22. The Balaban J connectivity index is 3.11. The molecule has 0 atom stereocenters. The molecule has 0 saturated carbocycles. The zero-order chi connectivity index (χ0) is 10.0. The largest absolute Gasteiger partial charge is 0.0587 e. The minimum atomic E-state index is 0.636. The first-order chi connectivity index (χ1) is 6.00. The molecule has 0 aromatic heterocycles. The molecule has 0 aliphatic rings. The molecule has 0 heteroatoms. The molecule has 0 nitrogen and oxygen atoms in total. The van der Waals surface area contributed by atoms with Crippen LogP contribution in [0.15, 0.2) is 18.2 Å². The van der Waals surface area contributed by atoms with E-state index in [1.54, 1.807) is 0 Å². The van der Waals surface area contributed by atoms with Crippen molar-refractivity contribution in [3.63, 3.8) is 0 Å². The van der Waals surface area contributed by atoms with E-state index >= 15 is 0 Å². The van der Waals surface area contributed by atoms with Crippen molar-refractivity contribution in [2.75, 3.05) is 0 Å². The van der Waals surface area contributed by atoms with Crippen LogP contribution in [0.25, 0.3) is 0 Å². The van der Waals surface area contributed by atoms with Gasteiger partial charge >= 0.3 is 0 Å². The highest BCUT2D eigenvalue weighted by Gasteiger charge is 2.04. The number of rotatable bonds is 2. The Bertz CT molecular complexity index is 256. The fourth-order valence-electron chi connectivity index (χ4n) is 1.51. The maximum atomic E-state index is 2.34. The Labute approximate surface area is 82.0 Å². The third-order valence-electron chi connectivity index (χ3n) is 2.46. The summed E-state index contributed by atoms with van der Waals surface area (Å²) >= 11 is 0. The van der Waals surface area contributed by atoms with Crippen LogP contribution in [-0.4, -0.2) is 0 Å². The van der Waals surface area contributed by atoms with Crippen molar-refractivity contribution in [1.82, 2.24) is 0 Å². The van der Waals surface area contributed by atoms with Crippen LogP contribution in [0.3, 0.4) is 0 Å². The molecule has 0 aliphatic carbocycles. The zero-order valence-corrected chi connectivity index (χ0v) is 9.39. The molecule has 0 N–H and O–H groups in total. The summed E-state index contributed by atoms with van der Waals surface area (Å²) in [6.07, 6.45) is 0. The van der Waals surface area contributed by atoms with Crippen molar-refractivity contribution in [3.05, 3.63) is 34.9 Å². The van der Waals surface area contributed by atoms with Crippen molar-refractivity contribution < 1.29 is 0 Å². The molecule has 0 spiro atoms. The molecule has 1 rings (SSSR count). The second-order valence-electron chi connectivity index (χ2n) is 4.49. The lowest BCUT2D eigenvalue weighted by atomic mass is 9.94. The van der Waals surface area contributed by atoms with Crippen molar-refractivity contribution >= 4 is 0 Å². The Morgan fingerprint density at radius 3 is 1.46 bits per heavy atom. The SMILES string of the molecule is Cc1cc(C(C)C)cc(C(C)C)c1. The minimum Gasteiger partial charge on any atom is -0.0587 e. The molecule has 0 unspecified atom stereocenters. The van der Waals surface area contributed by atoms with E-state index in [4.69, 9.17) is 0 Å². The summed E-state index contributed by atoms with van der Waals surface area (Å²) in [7, 11) is 0. The molecule has 72 valence electrons. The van der Waals surface area contributed by atoms with E-state index in [1.807, 2.05) is 0 Å². The van der Waals surface area contributed by atoms with Gasteiger partial charge in [-0.15, -0.1) is 0 Å². The van der Waals surface area contributed by atoms with Gasteiger partial charge in [-0.2, -0.15) is 0 Å². The van der Waals surface area contributed by atoms with E-state index in [-0.39, 0.29) is 0 Å². The van der Waals surface area contributed by atoms with Gasteiger partial charge < -0.3 is 0 Å². The lowest BCUT2D eigenvalue weighted by Gasteiger charge is -2.12. The Hall–Kier alpha value is -0.780. The summed E-state index contributed by atoms with van der Waals surface area (Å²) < 4.78 is 0. The lowest BCUT2D eigenvalue weighted by molar-refractivity contribution is 0.831. The summed E-state index contributed by atoms with van der Waals surface area (Å²) in [5.74, 6) is 1.27. The zero-order valence-electron chi connectivity index (χ0n) is 9.39. The van der Waals surface area contributed by atoms with Gasteiger partial charge in [-0.05, 0) is 29.9 Å². The second-order valence-corrected chi connectivity index (χ2v) is 4.49. The molecule has 0 fully saturated rings. The fourth-order valence-corrected chi connectivity index (χ4v) is 1.51. The van der Waals surface area contributed by atoms with Crippen molar-refractivity contribution in [2.24, 2.45) is 0 Å². The smallest absolute Gasteiger partial charge is 0.0219 e. The van der Waals surface area contributed by atoms with E-state index in [2.05, 4.69) is 52.8 Å². The molecule has 0 heterocycles. The monoisotopic (exact) mass is 176 g/mol. The van der Waals surface area contributed by atoms with Crippen LogP contribution in [0.2, 0.25) is 0 Å². The minimum absolute atomic E-state index is 0.636. The average Bonchev–Trinajstić information content (AvgIpc) is 2.03. The first-order valence-electron chi connectivity index (χ1n) is 5.12. The topological polar surface area (TPSA) is 0 Å². The summed E-state index contributed by atoms with van der Waals surface area (Å²) in [5.41, 5.74) is 4.31. The molecule has 0 radical (unpaired) electrons. The van der Waals surface area contributed by atoms with Crippen LogP contribution < -0.4 is 0 Å². The fraction of sp³-hybridized carbons (Fsp3) is 0.538. The van der Waals surface area contributed by atoms with Crippen LogP contribution in [0.5, 0.6) is 0 Å². The van der Waals surface area contributed by atoms with Gasteiger partial charge in [0.15, 0.2) is 0 Å². The van der Waals surface area contributed by atoms with Gasteiger partial charge in [-0.3, -0.25) is 0 Å². The Morgan fingerprint density at radius 2 is 1.15 bits per heavy atom. The molecule has 0 aliphatic heterocycles. The summed E-state index contributed by atoms with van der Waals surface area (Å²) in [4.78, 5) is 0. The Morgan fingerprint density at radius 1 is 0.769 bits per heavy atom. The molecule has 1 aromatic rings. The van der Waals surface area contributed by atoms with Crippen molar-refractivity contribution in [2.45, 2.75) is 46.5 Å². The molecule has 1 aromatic carbocycles. The normalized spacial score (nSPS) is 11.3. The van der Waals surface area contributed by atoms with Gasteiger partial charge in [0, 0.05) is 0 Å². The van der Waals surface area contributed by atoms with Gasteiger partial charge in [0.1, 0.15) is 0 Å². The lowest BCUT2D eigenvalue weighted by Crippen LogP contribution is -1.94. The van der Waals surface area contributed by atoms with E-state index in [0.29, 0.717) is 11.8 Å². The predicted molar refractivity (Wildman–Crippen MR) is 59.4 cm³/mol. The molecular weight excluding hydrogens is 156 g/mol. The van der Waals surface area contributed by atoms with Gasteiger partial charge in [0.25, 0.3) is 0 Å². The van der Waals surface area contributed by atoms with Gasteiger partial charge in [0.05, 0.1) is 0 Å². The molecule has 0 saturated heterocycles. The third kappa shape index (κ3) is 2.58. The highest BCUT2D eigenvalue weighted by molar-refractivity contribution is 5.32. The van der Waals surface area contributed by atoms with Crippen LogP contribution in [0.1, 0.15) is 56.2 Å². The first-order valence-corrected chi connectivity index (χ1v) is 5.12. The average molecular weight is 176 g/mol. The maximum Gasteiger partial charge on any atom is -0.0219 e. The number of benzene rings is 1. The van der Waals surface area contributed by atoms with Crippen LogP contribution >= 0.6 is 0 Å². The number of hydrogen-bond donors (Lipinski definition) is 0. The highest BCUT2D eigenvalue weighted by atomic mass is 14.1. The van der Waals surface area contributed by atoms with E-state index in [0.717, 1.165) is 0 Å². The quantitative estimate of drug-likeness (QED) is 0.632. The number of aryl methyl sites for hydroxylation is 1. The van der Waals surface area contributed by atoms with E-state index in [1.165, 1.54) is 16.7 Å². The summed E-state index contributed by atoms with van der Waals surface area (Å²) in [6, 6.07) is 6.91. The van der Waals surface area contributed by atoms with Gasteiger partial charge in [0.2, 0.25) is 0 Å². The van der Waals surface area contributed by atoms with Crippen LogP contribution in [0.4, 0.5) is 0 Å². The standard InChI is InChI=1S/C13H20/c1-9(2)12-6-11(5)7-13(8-12)10(3)4/h6-10H,1-5H3. The van der Waals surface area contributed by atoms with Crippen molar-refractivity contribution in [1.29, 1.82) is 0 Å². The molecule has 13 heavy (non-hydrogen) atoms. The maximum absolute atomic E-state index is 2.34. The summed E-state index contributed by atoms with van der Waals surface area (Å²) in [6.45, 7) is 11.2. The predicted octanol–water partition coefficient (Wildman–Crippen LogP) is 4.24.